The first-order valence-electron chi connectivity index (χ1n) is 7.63. The highest BCUT2D eigenvalue weighted by Gasteiger charge is 2.34. The normalized spacial score (nSPS) is 12.5. The van der Waals surface area contributed by atoms with Gasteiger partial charge in [-0.05, 0) is 45.4 Å². The second-order valence-corrected chi connectivity index (χ2v) is 6.38. The van der Waals surface area contributed by atoms with Gasteiger partial charge in [-0.2, -0.15) is 5.26 Å². The Kier molecular flexibility index (Phi) is 6.54. The molecule has 1 rings (SSSR count). The Morgan fingerprint density at radius 1 is 1.33 bits per heavy atom. The van der Waals surface area contributed by atoms with Crippen molar-refractivity contribution in [1.82, 2.24) is 10.2 Å². The van der Waals surface area contributed by atoms with Gasteiger partial charge < -0.3 is 10.4 Å². The van der Waals surface area contributed by atoms with E-state index in [0.29, 0.717) is 12.1 Å². The van der Waals surface area contributed by atoms with Gasteiger partial charge in [0.25, 0.3) is 0 Å². The number of nitrogens with one attached hydrogen (secondary N) is 1. The zero-order valence-electron chi connectivity index (χ0n) is 14.4. The van der Waals surface area contributed by atoms with Crippen LogP contribution < -0.4 is 5.32 Å². The molecule has 128 valence electrons. The zero-order valence-corrected chi connectivity index (χ0v) is 14.4. The summed E-state index contributed by atoms with van der Waals surface area (Å²) in [5.41, 5.74) is 0.837. The summed E-state index contributed by atoms with van der Waals surface area (Å²) in [7, 11) is 0. The number of carboxylic acid groups (broad SMARTS) is 1. The van der Waals surface area contributed by atoms with Crippen molar-refractivity contribution in [3.05, 3.63) is 41.5 Å². The van der Waals surface area contributed by atoms with Crippen LogP contribution in [0.25, 0.3) is 6.08 Å². The standard InChI is InChI=1S/C18H23N3O3/c1-13(21(17(23)24)18(2,3)4)16(22)20-11-5-6-14-7-9-15(12-19)10-8-14/h5-10,13H,11H2,1-4H3,(H,20,22)(H,23,24)/t13-/m1/s1. The first-order chi connectivity index (χ1) is 11.2. The van der Waals surface area contributed by atoms with E-state index in [9.17, 15) is 14.7 Å². The minimum atomic E-state index is -1.13. The Morgan fingerprint density at radius 3 is 2.38 bits per heavy atom. The van der Waals surface area contributed by atoms with Gasteiger partial charge in [-0.15, -0.1) is 0 Å². The van der Waals surface area contributed by atoms with Gasteiger partial charge in [0.15, 0.2) is 0 Å². The molecular formula is C18H23N3O3. The predicted octanol–water partition coefficient (Wildman–Crippen LogP) is 2.85. The molecule has 0 saturated heterocycles. The lowest BCUT2D eigenvalue weighted by Crippen LogP contribution is -2.55. The van der Waals surface area contributed by atoms with Crippen LogP contribution in [0.4, 0.5) is 4.79 Å². The smallest absolute Gasteiger partial charge is 0.408 e. The number of carbonyl (C=O) groups is 2. The minimum Gasteiger partial charge on any atom is -0.465 e. The van der Waals surface area contributed by atoms with Crippen molar-refractivity contribution in [2.75, 3.05) is 6.54 Å². The van der Waals surface area contributed by atoms with Crippen LogP contribution in [0.3, 0.4) is 0 Å². The molecule has 0 saturated carbocycles. The van der Waals surface area contributed by atoms with Crippen LogP contribution >= 0.6 is 0 Å². The predicted molar refractivity (Wildman–Crippen MR) is 92.3 cm³/mol. The maximum atomic E-state index is 12.1. The molecule has 0 unspecified atom stereocenters. The molecule has 0 aliphatic carbocycles. The summed E-state index contributed by atoms with van der Waals surface area (Å²) in [5, 5.41) is 20.7. The van der Waals surface area contributed by atoms with Crippen LogP contribution in [0.15, 0.2) is 30.3 Å². The van der Waals surface area contributed by atoms with Gasteiger partial charge in [0.2, 0.25) is 5.91 Å². The molecule has 0 aliphatic rings. The van der Waals surface area contributed by atoms with Crippen LogP contribution in [-0.4, -0.2) is 40.1 Å². The third-order valence-corrected chi connectivity index (χ3v) is 3.44. The van der Waals surface area contributed by atoms with Crippen LogP contribution in [0.1, 0.15) is 38.8 Å². The van der Waals surface area contributed by atoms with E-state index < -0.39 is 17.7 Å². The lowest BCUT2D eigenvalue weighted by Gasteiger charge is -2.37. The van der Waals surface area contributed by atoms with Gasteiger partial charge in [0, 0.05) is 12.1 Å². The van der Waals surface area contributed by atoms with Crippen molar-refractivity contribution in [3.63, 3.8) is 0 Å². The monoisotopic (exact) mass is 329 g/mol. The Morgan fingerprint density at radius 2 is 1.92 bits per heavy atom. The summed E-state index contributed by atoms with van der Waals surface area (Å²) in [6, 6.07) is 8.32. The summed E-state index contributed by atoms with van der Waals surface area (Å²) < 4.78 is 0. The highest BCUT2D eigenvalue weighted by molar-refractivity contribution is 5.85. The van der Waals surface area contributed by atoms with E-state index >= 15 is 0 Å². The van der Waals surface area contributed by atoms with E-state index in [0.717, 1.165) is 10.5 Å². The summed E-state index contributed by atoms with van der Waals surface area (Å²) in [5.74, 6) is -0.350. The Labute approximate surface area is 142 Å². The molecule has 0 bridgehead atoms. The topological polar surface area (TPSA) is 93.4 Å². The molecule has 1 aromatic carbocycles. The van der Waals surface area contributed by atoms with Crippen LogP contribution in [0.2, 0.25) is 0 Å². The highest BCUT2D eigenvalue weighted by Crippen LogP contribution is 2.17. The quantitative estimate of drug-likeness (QED) is 0.868. The fourth-order valence-electron chi connectivity index (χ4n) is 2.32. The molecule has 6 nitrogen and oxygen atoms in total. The van der Waals surface area contributed by atoms with E-state index in [1.54, 1.807) is 45.9 Å². The maximum Gasteiger partial charge on any atom is 0.408 e. The summed E-state index contributed by atoms with van der Waals surface area (Å²) >= 11 is 0. The average Bonchev–Trinajstić information content (AvgIpc) is 2.50. The Hall–Kier alpha value is -2.81. The molecule has 0 fully saturated rings. The van der Waals surface area contributed by atoms with Gasteiger partial charge in [-0.25, -0.2) is 4.79 Å². The van der Waals surface area contributed by atoms with Gasteiger partial charge in [-0.3, -0.25) is 9.69 Å². The SMILES string of the molecule is C[C@H](C(=O)NCC=Cc1ccc(C#N)cc1)N(C(=O)O)C(C)(C)C. The fraction of sp³-hybridized carbons (Fsp3) is 0.389. The number of hydrogen-bond donors (Lipinski definition) is 2. The largest absolute Gasteiger partial charge is 0.465 e. The molecule has 6 heteroatoms. The van der Waals surface area contributed by atoms with Crippen molar-refractivity contribution in [1.29, 1.82) is 5.26 Å². The van der Waals surface area contributed by atoms with Gasteiger partial charge >= 0.3 is 6.09 Å². The van der Waals surface area contributed by atoms with Crippen molar-refractivity contribution in [3.8, 4) is 6.07 Å². The average molecular weight is 329 g/mol. The number of nitrogens with zero attached hydrogens (tertiary/aromatic N) is 2. The Bertz CT molecular complexity index is 652. The first kappa shape index (κ1) is 19.2. The molecule has 2 amide bonds. The third kappa shape index (κ3) is 5.43. The van der Waals surface area contributed by atoms with Gasteiger partial charge in [0.05, 0.1) is 11.6 Å². The fourth-order valence-corrected chi connectivity index (χ4v) is 2.32. The van der Waals surface area contributed by atoms with Crippen LogP contribution in [0, 0.1) is 11.3 Å². The van der Waals surface area contributed by atoms with Crippen LogP contribution in [-0.2, 0) is 4.79 Å². The highest BCUT2D eigenvalue weighted by atomic mass is 16.4. The Balaban J connectivity index is 2.60. The second-order valence-electron chi connectivity index (χ2n) is 6.38. The van der Waals surface area contributed by atoms with E-state index in [1.165, 1.54) is 0 Å². The number of nitriles is 1. The van der Waals surface area contributed by atoms with Crippen molar-refractivity contribution >= 4 is 18.1 Å². The molecule has 0 radical (unpaired) electrons. The molecule has 0 aromatic heterocycles. The minimum absolute atomic E-state index is 0.292. The van der Waals surface area contributed by atoms with Gasteiger partial charge in [0.1, 0.15) is 6.04 Å². The molecule has 2 N–H and O–H groups in total. The molecule has 0 heterocycles. The summed E-state index contributed by atoms with van der Waals surface area (Å²) in [6.07, 6.45) is 2.47. The number of hydrogen-bond acceptors (Lipinski definition) is 3. The van der Waals surface area contributed by atoms with Crippen molar-refractivity contribution < 1.29 is 14.7 Å². The van der Waals surface area contributed by atoms with E-state index in [4.69, 9.17) is 5.26 Å². The number of benzene rings is 1. The second kappa shape index (κ2) is 8.16. The van der Waals surface area contributed by atoms with E-state index in [-0.39, 0.29) is 5.91 Å². The van der Waals surface area contributed by atoms with E-state index in [1.807, 2.05) is 24.3 Å². The maximum absolute atomic E-state index is 12.1. The molecule has 0 aliphatic heterocycles. The lowest BCUT2D eigenvalue weighted by atomic mass is 10.0. The number of rotatable bonds is 5. The van der Waals surface area contributed by atoms with Crippen LogP contribution in [0.5, 0.6) is 0 Å². The van der Waals surface area contributed by atoms with Crippen molar-refractivity contribution in [2.45, 2.75) is 39.3 Å². The van der Waals surface area contributed by atoms with Gasteiger partial charge in [-0.1, -0.05) is 24.3 Å². The molecule has 24 heavy (non-hydrogen) atoms. The molecule has 1 atom stereocenters. The van der Waals surface area contributed by atoms with E-state index in [2.05, 4.69) is 5.32 Å². The lowest BCUT2D eigenvalue weighted by molar-refractivity contribution is -0.126. The summed E-state index contributed by atoms with van der Waals surface area (Å²) in [4.78, 5) is 24.6. The third-order valence-electron chi connectivity index (χ3n) is 3.44. The zero-order chi connectivity index (χ0) is 18.3. The molecule has 0 spiro atoms. The first-order valence-corrected chi connectivity index (χ1v) is 7.63. The number of carbonyl (C=O) groups excluding carboxylic acids is 1. The molecular weight excluding hydrogens is 306 g/mol. The number of amides is 2. The molecule has 1 aromatic rings. The summed E-state index contributed by atoms with van der Waals surface area (Å²) in [6.45, 7) is 7.10. The van der Waals surface area contributed by atoms with Crippen molar-refractivity contribution in [2.24, 2.45) is 0 Å².